The van der Waals surface area contributed by atoms with Crippen molar-refractivity contribution < 1.29 is 14.6 Å². The van der Waals surface area contributed by atoms with Gasteiger partial charge in [-0.2, -0.15) is 0 Å². The van der Waals surface area contributed by atoms with Crippen LogP contribution >= 0.6 is 11.3 Å². The van der Waals surface area contributed by atoms with Gasteiger partial charge in [0.15, 0.2) is 5.96 Å². The highest BCUT2D eigenvalue weighted by Gasteiger charge is 2.20. The van der Waals surface area contributed by atoms with Crippen LogP contribution in [0.25, 0.3) is 0 Å². The molecule has 0 saturated carbocycles. The van der Waals surface area contributed by atoms with Crippen molar-refractivity contribution >= 4 is 23.3 Å². The van der Waals surface area contributed by atoms with Gasteiger partial charge >= 0.3 is 5.97 Å². The lowest BCUT2D eigenvalue weighted by Crippen LogP contribution is -2.39. The molecule has 160 valence electrons. The molecule has 0 saturated heterocycles. The van der Waals surface area contributed by atoms with E-state index in [2.05, 4.69) is 29.5 Å². The molecule has 3 N–H and O–H groups in total. The lowest BCUT2D eigenvalue weighted by atomic mass is 9.94. The van der Waals surface area contributed by atoms with Crippen molar-refractivity contribution in [1.82, 2.24) is 15.6 Å². The largest absolute Gasteiger partial charge is 0.462 e. The number of carbonyl (C=O) groups excluding carboxylic acids is 1. The van der Waals surface area contributed by atoms with Crippen molar-refractivity contribution in [3.05, 3.63) is 15.6 Å². The first-order valence-electron chi connectivity index (χ1n) is 10.1. The number of thiazole rings is 1. The third-order valence-corrected chi connectivity index (χ3v) is 5.51. The van der Waals surface area contributed by atoms with E-state index in [1.54, 1.807) is 6.92 Å². The molecule has 0 spiro atoms. The number of nitrogens with zero attached hydrogens (tertiary/aromatic N) is 2. The Labute approximate surface area is 173 Å². The molecule has 0 fully saturated rings. The molecular formula is C20H36N4O3S. The van der Waals surface area contributed by atoms with Crippen LogP contribution in [0.3, 0.4) is 0 Å². The highest BCUT2D eigenvalue weighted by Crippen LogP contribution is 2.24. The molecule has 0 aliphatic heterocycles. The summed E-state index contributed by atoms with van der Waals surface area (Å²) in [6.07, 6.45) is 1.79. The number of aliphatic imine (C=N–C) groups is 1. The zero-order valence-electron chi connectivity index (χ0n) is 18.0. The molecule has 1 aromatic heterocycles. The van der Waals surface area contributed by atoms with Gasteiger partial charge in [-0.3, -0.25) is 4.99 Å². The maximum absolute atomic E-state index is 12.0. The van der Waals surface area contributed by atoms with Crippen molar-refractivity contribution in [2.24, 2.45) is 16.8 Å². The number of aliphatic hydroxyl groups is 1. The van der Waals surface area contributed by atoms with Crippen LogP contribution in [0.1, 0.15) is 73.9 Å². The number of aryl methyl sites for hydroxylation is 1. The van der Waals surface area contributed by atoms with E-state index < -0.39 is 0 Å². The third-order valence-electron chi connectivity index (χ3n) is 4.19. The van der Waals surface area contributed by atoms with Crippen molar-refractivity contribution in [3.8, 4) is 0 Å². The van der Waals surface area contributed by atoms with Gasteiger partial charge in [-0.1, -0.05) is 13.8 Å². The Hall–Kier alpha value is -1.67. The molecule has 0 aliphatic rings. The Morgan fingerprint density at radius 3 is 2.61 bits per heavy atom. The predicted octanol–water partition coefficient (Wildman–Crippen LogP) is 3.29. The molecule has 1 rings (SSSR count). The van der Waals surface area contributed by atoms with E-state index in [-0.39, 0.29) is 18.6 Å². The smallest absolute Gasteiger partial charge is 0.350 e. The van der Waals surface area contributed by atoms with Gasteiger partial charge in [-0.05, 0) is 52.4 Å². The fraction of sp³-hybridized carbons (Fsp3) is 0.750. The summed E-state index contributed by atoms with van der Waals surface area (Å²) in [5, 5.41) is 16.7. The Bertz CT molecular complexity index is 631. The number of carbonyl (C=O) groups is 1. The molecule has 2 atom stereocenters. The molecule has 8 heteroatoms. The highest BCUT2D eigenvalue weighted by molar-refractivity contribution is 7.13. The average molecular weight is 413 g/mol. The van der Waals surface area contributed by atoms with Crippen LogP contribution in [0.15, 0.2) is 4.99 Å². The summed E-state index contributed by atoms with van der Waals surface area (Å²) in [6.45, 7) is 13.9. The minimum absolute atomic E-state index is 0.0916. The quantitative estimate of drug-likeness (QED) is 0.293. The van der Waals surface area contributed by atoms with Gasteiger partial charge in [0.25, 0.3) is 0 Å². The van der Waals surface area contributed by atoms with Gasteiger partial charge in [0.2, 0.25) is 0 Å². The van der Waals surface area contributed by atoms with E-state index in [1.165, 1.54) is 11.3 Å². The number of aromatic nitrogens is 1. The summed E-state index contributed by atoms with van der Waals surface area (Å²) < 4.78 is 5.10. The normalized spacial score (nSPS) is 14.1. The van der Waals surface area contributed by atoms with Gasteiger partial charge in [-0.25, -0.2) is 9.78 Å². The van der Waals surface area contributed by atoms with E-state index in [9.17, 15) is 9.90 Å². The van der Waals surface area contributed by atoms with Crippen molar-refractivity contribution in [2.45, 2.75) is 60.4 Å². The molecule has 0 aliphatic carbocycles. The Balaban J connectivity index is 2.84. The fourth-order valence-corrected chi connectivity index (χ4v) is 3.89. The molecule has 0 aromatic carbocycles. The highest BCUT2D eigenvalue weighted by atomic mass is 32.1. The summed E-state index contributed by atoms with van der Waals surface area (Å²) in [5.74, 6) is 1.32. The lowest BCUT2D eigenvalue weighted by molar-refractivity contribution is 0.0531. The summed E-state index contributed by atoms with van der Waals surface area (Å²) in [7, 11) is 0. The van der Waals surface area contributed by atoms with E-state index in [0.29, 0.717) is 41.5 Å². The number of rotatable bonds is 11. The predicted molar refractivity (Wildman–Crippen MR) is 115 cm³/mol. The monoisotopic (exact) mass is 412 g/mol. The third kappa shape index (κ3) is 8.14. The lowest BCUT2D eigenvalue weighted by Gasteiger charge is -2.19. The Morgan fingerprint density at radius 2 is 2.04 bits per heavy atom. The number of aliphatic hydroxyl groups excluding tert-OH is 1. The van der Waals surface area contributed by atoms with Crippen molar-refractivity contribution in [1.29, 1.82) is 0 Å². The van der Waals surface area contributed by atoms with Crippen LogP contribution in [0, 0.1) is 18.8 Å². The molecule has 0 radical (unpaired) electrons. The van der Waals surface area contributed by atoms with E-state index >= 15 is 0 Å². The number of hydrogen-bond donors (Lipinski definition) is 3. The molecule has 1 heterocycles. The van der Waals surface area contributed by atoms with Crippen LogP contribution in [-0.4, -0.2) is 48.3 Å². The van der Waals surface area contributed by atoms with Gasteiger partial charge in [0, 0.05) is 19.7 Å². The zero-order chi connectivity index (χ0) is 21.1. The minimum Gasteiger partial charge on any atom is -0.462 e. The van der Waals surface area contributed by atoms with Crippen LogP contribution < -0.4 is 10.6 Å². The molecule has 28 heavy (non-hydrogen) atoms. The molecule has 0 amide bonds. The number of esters is 1. The molecule has 0 bridgehead atoms. The zero-order valence-corrected chi connectivity index (χ0v) is 18.9. The number of hydrogen-bond acceptors (Lipinski definition) is 6. The Morgan fingerprint density at radius 1 is 1.32 bits per heavy atom. The average Bonchev–Trinajstić information content (AvgIpc) is 3.01. The summed E-state index contributed by atoms with van der Waals surface area (Å²) in [5.41, 5.74) is 0.689. The van der Waals surface area contributed by atoms with Gasteiger partial charge < -0.3 is 20.5 Å². The van der Waals surface area contributed by atoms with Crippen LogP contribution in [0.4, 0.5) is 0 Å². The standard InChI is InChI=1S/C20H36N4O3S/c1-7-21-20(22-12-16(9-10-25)11-13(3)4)24-15(6)18-23-14(5)17(28-18)19(26)27-8-2/h13,15-16,25H,7-12H2,1-6H3,(H2,21,22,24). The topological polar surface area (TPSA) is 95.8 Å². The van der Waals surface area contributed by atoms with Gasteiger partial charge in [-0.15, -0.1) is 11.3 Å². The first kappa shape index (κ1) is 24.4. The number of ether oxygens (including phenoxy) is 1. The Kier molecular flexibility index (Phi) is 11.1. The molecule has 7 nitrogen and oxygen atoms in total. The second-order valence-corrected chi connectivity index (χ2v) is 8.31. The molecule has 1 aromatic rings. The van der Waals surface area contributed by atoms with Crippen molar-refractivity contribution in [3.63, 3.8) is 0 Å². The summed E-state index contributed by atoms with van der Waals surface area (Å²) >= 11 is 1.35. The SMILES string of the molecule is CCNC(=NCC(CCO)CC(C)C)NC(C)c1nc(C)c(C(=O)OCC)s1. The fourth-order valence-electron chi connectivity index (χ4n) is 2.93. The van der Waals surface area contributed by atoms with E-state index in [4.69, 9.17) is 9.73 Å². The van der Waals surface area contributed by atoms with Crippen LogP contribution in [-0.2, 0) is 4.74 Å². The number of nitrogens with one attached hydrogen (secondary N) is 2. The van der Waals surface area contributed by atoms with Crippen LogP contribution in [0.2, 0.25) is 0 Å². The summed E-state index contributed by atoms with van der Waals surface area (Å²) in [4.78, 5) is 21.8. The first-order valence-corrected chi connectivity index (χ1v) is 10.9. The molecular weight excluding hydrogens is 376 g/mol. The minimum atomic E-state index is -0.322. The molecule has 2 unspecified atom stereocenters. The summed E-state index contributed by atoms with van der Waals surface area (Å²) in [6, 6.07) is -0.0916. The first-order chi connectivity index (χ1) is 13.3. The maximum atomic E-state index is 12.0. The van der Waals surface area contributed by atoms with Crippen LogP contribution in [0.5, 0.6) is 0 Å². The van der Waals surface area contributed by atoms with Crippen molar-refractivity contribution in [2.75, 3.05) is 26.3 Å². The van der Waals surface area contributed by atoms with Gasteiger partial charge in [0.1, 0.15) is 9.88 Å². The second kappa shape index (κ2) is 12.7. The maximum Gasteiger partial charge on any atom is 0.350 e. The van der Waals surface area contributed by atoms with E-state index in [1.807, 2.05) is 20.8 Å². The van der Waals surface area contributed by atoms with E-state index in [0.717, 1.165) is 24.4 Å². The number of guanidine groups is 1. The van der Waals surface area contributed by atoms with Gasteiger partial charge in [0.05, 0.1) is 18.3 Å². The second-order valence-electron chi connectivity index (χ2n) is 7.28.